The van der Waals surface area contributed by atoms with Crippen molar-refractivity contribution in [3.8, 4) is 0 Å². The first-order chi connectivity index (χ1) is 6.81. The van der Waals surface area contributed by atoms with Crippen molar-refractivity contribution in [1.82, 2.24) is 10.2 Å². The van der Waals surface area contributed by atoms with E-state index in [0.29, 0.717) is 6.04 Å². The van der Waals surface area contributed by atoms with Crippen molar-refractivity contribution >= 4 is 17.2 Å². The Morgan fingerprint density at radius 1 is 1.71 bits per heavy atom. The predicted octanol–water partition coefficient (Wildman–Crippen LogP) is 1.18. The molecule has 2 rings (SSSR count). The molecular formula is C10H14N2OS. The topological polar surface area (TPSA) is 32.3 Å². The summed E-state index contributed by atoms with van der Waals surface area (Å²) in [6.45, 7) is 1.71. The number of amides is 1. The Bertz CT molecular complexity index is 310. The number of rotatable bonds is 2. The van der Waals surface area contributed by atoms with E-state index < -0.39 is 0 Å². The van der Waals surface area contributed by atoms with Crippen molar-refractivity contribution in [3.63, 3.8) is 0 Å². The van der Waals surface area contributed by atoms with Gasteiger partial charge in [0.15, 0.2) is 0 Å². The standard InChI is InChI=1S/C10H14N2OS/c1-11-9-2-4-12(6-9)10(13)8-3-5-14-7-8/h3,5,7,9,11H,2,4,6H2,1H3. The van der Waals surface area contributed by atoms with E-state index in [1.165, 1.54) is 0 Å². The van der Waals surface area contributed by atoms with Gasteiger partial charge in [0.2, 0.25) is 0 Å². The highest BCUT2D eigenvalue weighted by molar-refractivity contribution is 7.08. The second-order valence-corrected chi connectivity index (χ2v) is 4.32. The molecule has 76 valence electrons. The summed E-state index contributed by atoms with van der Waals surface area (Å²) in [6.07, 6.45) is 1.06. The molecule has 1 unspecified atom stereocenters. The average Bonchev–Trinajstić information content (AvgIpc) is 2.88. The van der Waals surface area contributed by atoms with Crippen LogP contribution in [0.3, 0.4) is 0 Å². The van der Waals surface area contributed by atoms with Crippen molar-refractivity contribution in [2.24, 2.45) is 0 Å². The summed E-state index contributed by atoms with van der Waals surface area (Å²) in [7, 11) is 1.95. The number of thiophene rings is 1. The van der Waals surface area contributed by atoms with Gasteiger partial charge in [-0.2, -0.15) is 11.3 Å². The molecule has 4 heteroatoms. The van der Waals surface area contributed by atoms with E-state index >= 15 is 0 Å². The van der Waals surface area contributed by atoms with Gasteiger partial charge in [0.1, 0.15) is 0 Å². The van der Waals surface area contributed by atoms with Crippen molar-refractivity contribution in [3.05, 3.63) is 22.4 Å². The highest BCUT2D eigenvalue weighted by atomic mass is 32.1. The zero-order chi connectivity index (χ0) is 9.97. The zero-order valence-corrected chi connectivity index (χ0v) is 9.01. The third kappa shape index (κ3) is 1.81. The van der Waals surface area contributed by atoms with Crippen molar-refractivity contribution < 1.29 is 4.79 Å². The molecule has 0 aromatic carbocycles. The quantitative estimate of drug-likeness (QED) is 0.795. The van der Waals surface area contributed by atoms with Gasteiger partial charge in [0, 0.05) is 24.5 Å². The molecule has 1 saturated heterocycles. The van der Waals surface area contributed by atoms with Gasteiger partial charge in [0.25, 0.3) is 5.91 Å². The summed E-state index contributed by atoms with van der Waals surface area (Å²) in [5.74, 6) is 0.170. The average molecular weight is 210 g/mol. The Labute approximate surface area is 87.7 Å². The lowest BCUT2D eigenvalue weighted by atomic mass is 10.3. The van der Waals surface area contributed by atoms with Gasteiger partial charge in [-0.1, -0.05) is 0 Å². The number of hydrogen-bond donors (Lipinski definition) is 1. The first-order valence-corrected chi connectivity index (χ1v) is 5.74. The first kappa shape index (κ1) is 9.68. The fourth-order valence-electron chi connectivity index (χ4n) is 1.75. The van der Waals surface area contributed by atoms with Crippen LogP contribution in [0, 0.1) is 0 Å². The molecule has 3 nitrogen and oxygen atoms in total. The number of hydrogen-bond acceptors (Lipinski definition) is 3. The van der Waals surface area contributed by atoms with Gasteiger partial charge in [-0.25, -0.2) is 0 Å². The number of carbonyl (C=O) groups is 1. The van der Waals surface area contributed by atoms with E-state index in [1.807, 2.05) is 28.8 Å². The molecule has 1 amide bonds. The maximum atomic E-state index is 11.9. The zero-order valence-electron chi connectivity index (χ0n) is 8.19. The Hall–Kier alpha value is -0.870. The summed E-state index contributed by atoms with van der Waals surface area (Å²) >= 11 is 1.57. The normalized spacial score (nSPS) is 21.5. The van der Waals surface area contributed by atoms with Crippen LogP contribution >= 0.6 is 11.3 Å². The van der Waals surface area contributed by atoms with Crippen LogP contribution < -0.4 is 5.32 Å². The largest absolute Gasteiger partial charge is 0.337 e. The molecule has 14 heavy (non-hydrogen) atoms. The summed E-state index contributed by atoms with van der Waals surface area (Å²) in [4.78, 5) is 13.8. The number of carbonyl (C=O) groups excluding carboxylic acids is 1. The van der Waals surface area contributed by atoms with E-state index in [2.05, 4.69) is 5.32 Å². The number of nitrogens with one attached hydrogen (secondary N) is 1. The van der Waals surface area contributed by atoms with Crippen LogP contribution in [0.4, 0.5) is 0 Å². The van der Waals surface area contributed by atoms with E-state index in [0.717, 1.165) is 25.1 Å². The molecule has 1 N–H and O–H groups in total. The van der Waals surface area contributed by atoms with Gasteiger partial charge < -0.3 is 10.2 Å². The second-order valence-electron chi connectivity index (χ2n) is 3.54. The SMILES string of the molecule is CNC1CCN(C(=O)c2ccsc2)C1. The van der Waals surface area contributed by atoms with Crippen molar-refractivity contribution in [1.29, 1.82) is 0 Å². The molecule has 0 spiro atoms. The van der Waals surface area contributed by atoms with Crippen molar-refractivity contribution in [2.75, 3.05) is 20.1 Å². The number of likely N-dealkylation sites (N-methyl/N-ethyl adjacent to an activating group) is 1. The number of nitrogens with zero attached hydrogens (tertiary/aromatic N) is 1. The summed E-state index contributed by atoms with van der Waals surface area (Å²) in [5.41, 5.74) is 0.826. The van der Waals surface area contributed by atoms with Crippen LogP contribution in [0.5, 0.6) is 0 Å². The molecular weight excluding hydrogens is 196 g/mol. The lowest BCUT2D eigenvalue weighted by Gasteiger charge is -2.15. The lowest BCUT2D eigenvalue weighted by Crippen LogP contribution is -2.33. The van der Waals surface area contributed by atoms with Crippen LogP contribution in [0.1, 0.15) is 16.8 Å². The molecule has 0 saturated carbocycles. The first-order valence-electron chi connectivity index (χ1n) is 4.80. The molecule has 1 aromatic rings. The van der Waals surface area contributed by atoms with Gasteiger partial charge in [-0.3, -0.25) is 4.79 Å². The molecule has 0 aliphatic carbocycles. The molecule has 2 heterocycles. The lowest BCUT2D eigenvalue weighted by molar-refractivity contribution is 0.0790. The minimum atomic E-state index is 0.170. The maximum Gasteiger partial charge on any atom is 0.254 e. The van der Waals surface area contributed by atoms with Crippen LogP contribution in [0.25, 0.3) is 0 Å². The third-order valence-electron chi connectivity index (χ3n) is 2.65. The highest BCUT2D eigenvalue weighted by Gasteiger charge is 2.25. The van der Waals surface area contributed by atoms with Gasteiger partial charge in [0.05, 0.1) is 5.56 Å². The fraction of sp³-hybridized carbons (Fsp3) is 0.500. The van der Waals surface area contributed by atoms with E-state index in [4.69, 9.17) is 0 Å². The summed E-state index contributed by atoms with van der Waals surface area (Å²) < 4.78 is 0. The third-order valence-corrected chi connectivity index (χ3v) is 3.34. The Morgan fingerprint density at radius 2 is 2.57 bits per heavy atom. The molecule has 1 fully saturated rings. The van der Waals surface area contributed by atoms with Gasteiger partial charge in [-0.15, -0.1) is 0 Å². The minimum Gasteiger partial charge on any atom is -0.337 e. The molecule has 0 bridgehead atoms. The molecule has 0 radical (unpaired) electrons. The molecule has 1 atom stereocenters. The van der Waals surface area contributed by atoms with Gasteiger partial charge in [-0.05, 0) is 24.9 Å². The predicted molar refractivity (Wildman–Crippen MR) is 57.7 cm³/mol. The smallest absolute Gasteiger partial charge is 0.254 e. The van der Waals surface area contributed by atoms with Crippen molar-refractivity contribution in [2.45, 2.75) is 12.5 Å². The van der Waals surface area contributed by atoms with Crippen LogP contribution in [-0.2, 0) is 0 Å². The summed E-state index contributed by atoms with van der Waals surface area (Å²) in [6, 6.07) is 2.36. The summed E-state index contributed by atoms with van der Waals surface area (Å²) in [5, 5.41) is 7.06. The highest BCUT2D eigenvalue weighted by Crippen LogP contribution is 2.15. The molecule has 1 aliphatic rings. The van der Waals surface area contributed by atoms with E-state index in [9.17, 15) is 4.79 Å². The minimum absolute atomic E-state index is 0.170. The van der Waals surface area contributed by atoms with E-state index in [-0.39, 0.29) is 5.91 Å². The van der Waals surface area contributed by atoms with Crippen LogP contribution in [0.15, 0.2) is 16.8 Å². The van der Waals surface area contributed by atoms with E-state index in [1.54, 1.807) is 11.3 Å². The number of likely N-dealkylation sites (tertiary alicyclic amines) is 1. The monoisotopic (exact) mass is 210 g/mol. The Kier molecular flexibility index (Phi) is 2.84. The Morgan fingerprint density at radius 3 is 3.14 bits per heavy atom. The maximum absolute atomic E-state index is 11.9. The second kappa shape index (κ2) is 4.11. The van der Waals surface area contributed by atoms with Gasteiger partial charge >= 0.3 is 0 Å². The fourth-order valence-corrected chi connectivity index (χ4v) is 2.38. The molecule has 1 aliphatic heterocycles. The van der Waals surface area contributed by atoms with Crippen LogP contribution in [-0.4, -0.2) is 37.0 Å². The molecule has 1 aromatic heterocycles. The van der Waals surface area contributed by atoms with Crippen LogP contribution in [0.2, 0.25) is 0 Å². The Balaban J connectivity index is 2.00.